The second kappa shape index (κ2) is 5.60. The van der Waals surface area contributed by atoms with Gasteiger partial charge >= 0.3 is 5.82 Å². The molecule has 114 valence electrons. The van der Waals surface area contributed by atoms with Crippen molar-refractivity contribution in [2.75, 3.05) is 29.8 Å². The Balaban J connectivity index is 1.83. The standard InChI is InChI=1S/C17H21N5/c1-20(2)14-11-9-13(10-12-14)18-19-17-15-7-5-6-8-16(15)21(3)22(17)4/h5-12,18H,1-4H3/p+1. The molecule has 0 aliphatic heterocycles. The number of fused-ring (bicyclic) bond motifs is 1. The monoisotopic (exact) mass is 296 g/mol. The highest BCUT2D eigenvalue weighted by atomic mass is 15.5. The summed E-state index contributed by atoms with van der Waals surface area (Å²) in [6, 6.07) is 16.7. The minimum Gasteiger partial charge on any atom is -0.378 e. The Kier molecular flexibility index (Phi) is 3.63. The Morgan fingerprint density at radius 1 is 0.955 bits per heavy atom. The van der Waals surface area contributed by atoms with E-state index in [0.717, 1.165) is 11.5 Å². The fraction of sp³-hybridized carbons (Fsp3) is 0.235. The highest BCUT2D eigenvalue weighted by molar-refractivity contribution is 5.88. The van der Waals surface area contributed by atoms with E-state index in [2.05, 4.69) is 80.7 Å². The van der Waals surface area contributed by atoms with Crippen LogP contribution in [-0.4, -0.2) is 18.8 Å². The normalized spacial score (nSPS) is 10.7. The first-order valence-corrected chi connectivity index (χ1v) is 7.31. The van der Waals surface area contributed by atoms with Crippen LogP contribution in [0.25, 0.3) is 10.9 Å². The van der Waals surface area contributed by atoms with Gasteiger partial charge in [-0.3, -0.25) is 0 Å². The van der Waals surface area contributed by atoms with Crippen molar-refractivity contribution in [1.82, 2.24) is 4.68 Å². The SMILES string of the molecule is CN(C)c1ccc(NNc2c3ccccc3n(C)[n+]2C)cc1. The summed E-state index contributed by atoms with van der Waals surface area (Å²) in [5.41, 5.74) is 9.99. The average molecular weight is 296 g/mol. The van der Waals surface area contributed by atoms with Gasteiger partial charge in [0, 0.05) is 26.8 Å². The molecule has 0 spiro atoms. The summed E-state index contributed by atoms with van der Waals surface area (Å²) in [5.74, 6) is 1.04. The predicted octanol–water partition coefficient (Wildman–Crippen LogP) is 2.51. The Bertz CT molecular complexity index is 787. The van der Waals surface area contributed by atoms with Crippen LogP contribution in [0.4, 0.5) is 17.2 Å². The maximum absolute atomic E-state index is 3.32. The summed E-state index contributed by atoms with van der Waals surface area (Å²) in [5, 5.41) is 1.19. The number of benzene rings is 2. The second-order valence-electron chi connectivity index (χ2n) is 5.60. The van der Waals surface area contributed by atoms with Crippen molar-refractivity contribution >= 4 is 28.1 Å². The molecule has 0 unspecified atom stereocenters. The molecule has 5 heteroatoms. The largest absolute Gasteiger partial charge is 0.378 e. The molecule has 1 aromatic heterocycles. The minimum absolute atomic E-state index is 1.03. The lowest BCUT2D eigenvalue weighted by atomic mass is 10.2. The van der Waals surface area contributed by atoms with Gasteiger partial charge in [-0.15, -0.1) is 0 Å². The number of aryl methyl sites for hydroxylation is 1. The third kappa shape index (κ3) is 2.45. The maximum Gasteiger partial charge on any atom is 0.326 e. The number of hydrazine groups is 1. The molecule has 0 radical (unpaired) electrons. The molecule has 0 bridgehead atoms. The van der Waals surface area contributed by atoms with Crippen LogP contribution in [0.15, 0.2) is 48.5 Å². The van der Waals surface area contributed by atoms with Crippen molar-refractivity contribution < 1.29 is 4.68 Å². The molecule has 3 rings (SSSR count). The molecule has 2 aromatic carbocycles. The van der Waals surface area contributed by atoms with E-state index in [9.17, 15) is 0 Å². The van der Waals surface area contributed by atoms with Gasteiger partial charge in [0.2, 0.25) is 0 Å². The van der Waals surface area contributed by atoms with E-state index in [-0.39, 0.29) is 0 Å². The number of hydrogen-bond acceptors (Lipinski definition) is 3. The van der Waals surface area contributed by atoms with E-state index in [1.54, 1.807) is 0 Å². The van der Waals surface area contributed by atoms with Crippen LogP contribution in [0.3, 0.4) is 0 Å². The zero-order valence-corrected chi connectivity index (χ0v) is 13.5. The molecular weight excluding hydrogens is 274 g/mol. The molecule has 0 saturated carbocycles. The highest BCUT2D eigenvalue weighted by Crippen LogP contribution is 2.21. The summed E-state index contributed by atoms with van der Waals surface area (Å²) < 4.78 is 4.21. The van der Waals surface area contributed by atoms with Crippen LogP contribution in [0.2, 0.25) is 0 Å². The summed E-state index contributed by atoms with van der Waals surface area (Å²) in [4.78, 5) is 2.09. The molecule has 1 heterocycles. The van der Waals surface area contributed by atoms with Crippen molar-refractivity contribution in [1.29, 1.82) is 0 Å². The smallest absolute Gasteiger partial charge is 0.326 e. The maximum atomic E-state index is 3.32. The summed E-state index contributed by atoms with van der Waals surface area (Å²) >= 11 is 0. The van der Waals surface area contributed by atoms with E-state index in [4.69, 9.17) is 0 Å². The molecule has 3 aromatic rings. The molecule has 22 heavy (non-hydrogen) atoms. The van der Waals surface area contributed by atoms with Crippen LogP contribution >= 0.6 is 0 Å². The number of hydrogen-bond donors (Lipinski definition) is 2. The number of rotatable bonds is 4. The van der Waals surface area contributed by atoms with E-state index in [0.29, 0.717) is 0 Å². The first kappa shape index (κ1) is 14.3. The lowest BCUT2D eigenvalue weighted by Crippen LogP contribution is -2.40. The van der Waals surface area contributed by atoms with Gasteiger partial charge in [0.1, 0.15) is 7.05 Å². The first-order valence-electron chi connectivity index (χ1n) is 7.31. The Morgan fingerprint density at radius 2 is 1.64 bits per heavy atom. The topological polar surface area (TPSA) is 36.1 Å². The van der Waals surface area contributed by atoms with Crippen LogP contribution in [-0.2, 0) is 14.1 Å². The van der Waals surface area contributed by atoms with Crippen LogP contribution < -0.4 is 20.4 Å². The second-order valence-corrected chi connectivity index (χ2v) is 5.60. The molecule has 5 nitrogen and oxygen atoms in total. The van der Waals surface area contributed by atoms with Gasteiger partial charge in [0.25, 0.3) is 0 Å². The van der Waals surface area contributed by atoms with Gasteiger partial charge in [-0.25, -0.2) is 10.1 Å². The number of aromatic nitrogens is 2. The molecule has 0 saturated heterocycles. The van der Waals surface area contributed by atoms with E-state index in [1.165, 1.54) is 16.6 Å². The Labute approximate surface area is 130 Å². The minimum atomic E-state index is 1.03. The Hall–Kier alpha value is -2.69. The number of nitrogens with zero attached hydrogens (tertiary/aromatic N) is 3. The van der Waals surface area contributed by atoms with Crippen molar-refractivity contribution in [3.8, 4) is 0 Å². The van der Waals surface area contributed by atoms with E-state index < -0.39 is 0 Å². The van der Waals surface area contributed by atoms with Crippen molar-refractivity contribution in [3.63, 3.8) is 0 Å². The third-order valence-electron chi connectivity index (χ3n) is 3.99. The third-order valence-corrected chi connectivity index (χ3v) is 3.99. The van der Waals surface area contributed by atoms with Crippen molar-refractivity contribution in [2.24, 2.45) is 14.1 Å². The first-order chi connectivity index (χ1) is 10.6. The molecule has 0 atom stereocenters. The van der Waals surface area contributed by atoms with Gasteiger partial charge in [0.05, 0.1) is 16.6 Å². The lowest BCUT2D eigenvalue weighted by Gasteiger charge is -2.12. The summed E-state index contributed by atoms with van der Waals surface area (Å²) in [6.07, 6.45) is 0. The fourth-order valence-electron chi connectivity index (χ4n) is 2.56. The summed E-state index contributed by atoms with van der Waals surface area (Å²) in [6.45, 7) is 0. The Morgan fingerprint density at radius 3 is 2.32 bits per heavy atom. The van der Waals surface area contributed by atoms with Crippen molar-refractivity contribution in [2.45, 2.75) is 0 Å². The predicted molar refractivity (Wildman–Crippen MR) is 92.1 cm³/mol. The molecule has 0 fully saturated rings. The summed E-state index contributed by atoms with van der Waals surface area (Å²) in [7, 11) is 8.17. The van der Waals surface area contributed by atoms with Crippen LogP contribution in [0, 0.1) is 0 Å². The molecule has 0 aliphatic rings. The van der Waals surface area contributed by atoms with Gasteiger partial charge in [-0.2, -0.15) is 10.1 Å². The zero-order valence-electron chi connectivity index (χ0n) is 13.5. The molecule has 0 amide bonds. The number of anilines is 3. The lowest BCUT2D eigenvalue weighted by molar-refractivity contribution is -0.735. The molecular formula is C17H22N5+. The highest BCUT2D eigenvalue weighted by Gasteiger charge is 2.17. The van der Waals surface area contributed by atoms with Crippen molar-refractivity contribution in [3.05, 3.63) is 48.5 Å². The number of para-hydroxylation sites is 1. The van der Waals surface area contributed by atoms with Gasteiger partial charge in [0.15, 0.2) is 0 Å². The average Bonchev–Trinajstić information content (AvgIpc) is 2.78. The fourth-order valence-corrected chi connectivity index (χ4v) is 2.56. The van der Waals surface area contributed by atoms with Crippen LogP contribution in [0.5, 0.6) is 0 Å². The van der Waals surface area contributed by atoms with Crippen LogP contribution in [0.1, 0.15) is 0 Å². The van der Waals surface area contributed by atoms with Gasteiger partial charge in [-0.05, 0) is 36.4 Å². The van der Waals surface area contributed by atoms with E-state index >= 15 is 0 Å². The number of nitrogens with one attached hydrogen (secondary N) is 2. The van der Waals surface area contributed by atoms with Gasteiger partial charge < -0.3 is 4.90 Å². The molecule has 0 aliphatic carbocycles. The molecule has 2 N–H and O–H groups in total. The van der Waals surface area contributed by atoms with E-state index in [1.807, 2.05) is 21.1 Å². The zero-order chi connectivity index (χ0) is 15.7. The van der Waals surface area contributed by atoms with Gasteiger partial charge in [-0.1, -0.05) is 12.1 Å². The quantitative estimate of drug-likeness (QED) is 0.574.